The number of hydrogen-bond acceptors (Lipinski definition) is 7. The number of nitrogens with zero attached hydrogens (tertiary/aromatic N) is 2. The SMILES string of the molecule is CC(C)(C)NC(=O)c1ccccc1C[C@H](O)[C@@H](CC(=O)[C@H](CC(N)=O)NC(=O)c1ccc2ccccc2n1)Cc1cccnc1. The number of primary amides is 1. The number of hydrogen-bond donors (Lipinski definition) is 4. The lowest BCUT2D eigenvalue weighted by atomic mass is 9.84. The van der Waals surface area contributed by atoms with E-state index in [1.807, 2.05) is 39.0 Å². The summed E-state index contributed by atoms with van der Waals surface area (Å²) in [6, 6.07) is 20.0. The van der Waals surface area contributed by atoms with E-state index in [4.69, 9.17) is 5.73 Å². The van der Waals surface area contributed by atoms with Gasteiger partial charge >= 0.3 is 0 Å². The number of aromatic nitrogens is 2. The number of carbonyl (C=O) groups excluding carboxylic acids is 4. The fourth-order valence-electron chi connectivity index (χ4n) is 5.16. The zero-order valence-corrected chi connectivity index (χ0v) is 25.7. The third kappa shape index (κ3) is 9.51. The van der Waals surface area contributed by atoms with Crippen LogP contribution in [0.2, 0.25) is 0 Å². The quantitative estimate of drug-likeness (QED) is 0.180. The molecule has 0 aliphatic rings. The third-order valence-electron chi connectivity index (χ3n) is 7.34. The zero-order chi connectivity index (χ0) is 32.6. The largest absolute Gasteiger partial charge is 0.392 e. The van der Waals surface area contributed by atoms with E-state index in [0.717, 1.165) is 10.9 Å². The van der Waals surface area contributed by atoms with Crippen molar-refractivity contribution in [1.29, 1.82) is 0 Å². The molecule has 0 spiro atoms. The second-order valence-electron chi connectivity index (χ2n) is 12.2. The van der Waals surface area contributed by atoms with Crippen LogP contribution in [-0.4, -0.2) is 56.3 Å². The first-order valence-corrected chi connectivity index (χ1v) is 14.8. The molecule has 0 aliphatic carbocycles. The van der Waals surface area contributed by atoms with E-state index in [0.29, 0.717) is 23.1 Å². The van der Waals surface area contributed by atoms with Crippen LogP contribution in [-0.2, 0) is 22.4 Å². The van der Waals surface area contributed by atoms with Gasteiger partial charge < -0.3 is 21.5 Å². The van der Waals surface area contributed by atoms with Gasteiger partial charge in [-0.15, -0.1) is 0 Å². The van der Waals surface area contributed by atoms with E-state index < -0.39 is 47.6 Å². The lowest BCUT2D eigenvalue weighted by Crippen LogP contribution is -2.45. The lowest BCUT2D eigenvalue weighted by Gasteiger charge is -2.26. The zero-order valence-electron chi connectivity index (χ0n) is 25.7. The van der Waals surface area contributed by atoms with Gasteiger partial charge in [-0.05, 0) is 74.9 Å². The average Bonchev–Trinajstić information content (AvgIpc) is 2.99. The molecule has 10 heteroatoms. The van der Waals surface area contributed by atoms with Crippen molar-refractivity contribution in [3.8, 4) is 0 Å². The van der Waals surface area contributed by atoms with Gasteiger partial charge in [-0.2, -0.15) is 0 Å². The van der Waals surface area contributed by atoms with Gasteiger partial charge in [0.15, 0.2) is 5.78 Å². The number of carbonyl (C=O) groups is 4. The first-order chi connectivity index (χ1) is 21.4. The highest BCUT2D eigenvalue weighted by atomic mass is 16.3. The Balaban J connectivity index is 1.56. The molecule has 3 atom stereocenters. The van der Waals surface area contributed by atoms with Gasteiger partial charge in [0.1, 0.15) is 5.69 Å². The van der Waals surface area contributed by atoms with Gasteiger partial charge in [-0.25, -0.2) is 4.98 Å². The summed E-state index contributed by atoms with van der Waals surface area (Å²) >= 11 is 0. The predicted octanol–water partition coefficient (Wildman–Crippen LogP) is 3.55. The maximum absolute atomic E-state index is 13.7. The molecule has 4 aromatic rings. The molecule has 5 N–H and O–H groups in total. The first-order valence-electron chi connectivity index (χ1n) is 14.8. The van der Waals surface area contributed by atoms with Gasteiger partial charge in [0.25, 0.3) is 11.8 Å². The summed E-state index contributed by atoms with van der Waals surface area (Å²) in [5.74, 6) is -2.75. The Labute approximate surface area is 262 Å². The molecule has 3 amide bonds. The monoisotopic (exact) mass is 609 g/mol. The number of pyridine rings is 2. The Morgan fingerprint density at radius 3 is 2.31 bits per heavy atom. The maximum atomic E-state index is 13.7. The van der Waals surface area contributed by atoms with Crippen molar-refractivity contribution >= 4 is 34.4 Å². The number of amides is 3. The number of rotatable bonds is 13. The van der Waals surface area contributed by atoms with Crippen LogP contribution < -0.4 is 16.4 Å². The Hall–Kier alpha value is -4.96. The van der Waals surface area contributed by atoms with Gasteiger partial charge in [-0.1, -0.05) is 48.5 Å². The number of para-hydroxylation sites is 1. The number of nitrogens with two attached hydrogens (primary N) is 1. The number of nitrogens with one attached hydrogen (secondary N) is 2. The Kier molecular flexibility index (Phi) is 10.7. The summed E-state index contributed by atoms with van der Waals surface area (Å²) in [5.41, 5.74) is 7.56. The second kappa shape index (κ2) is 14.7. The van der Waals surface area contributed by atoms with Crippen LogP contribution in [0, 0.1) is 5.92 Å². The van der Waals surface area contributed by atoms with Crippen LogP contribution in [0.25, 0.3) is 10.9 Å². The Bertz CT molecular complexity index is 1670. The molecule has 0 saturated carbocycles. The van der Waals surface area contributed by atoms with E-state index in [9.17, 15) is 24.3 Å². The summed E-state index contributed by atoms with van der Waals surface area (Å²) in [7, 11) is 0. The fourth-order valence-corrected chi connectivity index (χ4v) is 5.16. The molecule has 0 radical (unpaired) electrons. The third-order valence-corrected chi connectivity index (χ3v) is 7.34. The molecule has 2 aromatic carbocycles. The van der Waals surface area contributed by atoms with Crippen molar-refractivity contribution in [2.75, 3.05) is 0 Å². The van der Waals surface area contributed by atoms with E-state index >= 15 is 0 Å². The molecule has 0 unspecified atom stereocenters. The van der Waals surface area contributed by atoms with Crippen molar-refractivity contribution in [3.63, 3.8) is 0 Å². The van der Waals surface area contributed by atoms with E-state index in [1.54, 1.807) is 67.0 Å². The van der Waals surface area contributed by atoms with Crippen molar-refractivity contribution in [2.24, 2.45) is 11.7 Å². The summed E-state index contributed by atoms with van der Waals surface area (Å²) in [6.45, 7) is 5.65. The van der Waals surface area contributed by atoms with Gasteiger partial charge in [-0.3, -0.25) is 24.2 Å². The van der Waals surface area contributed by atoms with Crippen LogP contribution >= 0.6 is 0 Å². The molecule has 0 fully saturated rings. The van der Waals surface area contributed by atoms with E-state index in [2.05, 4.69) is 20.6 Å². The average molecular weight is 610 g/mol. The highest BCUT2D eigenvalue weighted by molar-refractivity contribution is 5.99. The molecular weight excluding hydrogens is 570 g/mol. The second-order valence-corrected chi connectivity index (χ2v) is 12.2. The van der Waals surface area contributed by atoms with Crippen LogP contribution in [0.3, 0.4) is 0 Å². The van der Waals surface area contributed by atoms with Crippen molar-refractivity contribution < 1.29 is 24.3 Å². The van der Waals surface area contributed by atoms with Crippen LogP contribution in [0.1, 0.15) is 65.6 Å². The molecule has 4 rings (SSSR count). The molecule has 2 heterocycles. The normalized spacial score (nSPS) is 13.4. The number of fused-ring (bicyclic) bond motifs is 1. The van der Waals surface area contributed by atoms with Crippen LogP contribution in [0.15, 0.2) is 85.2 Å². The topological polar surface area (TPSA) is 164 Å². The molecular formula is C35H39N5O5. The predicted molar refractivity (Wildman–Crippen MR) is 171 cm³/mol. The van der Waals surface area contributed by atoms with E-state index in [1.165, 1.54) is 0 Å². The van der Waals surface area contributed by atoms with Crippen LogP contribution in [0.4, 0.5) is 0 Å². The van der Waals surface area contributed by atoms with Gasteiger partial charge in [0.2, 0.25) is 5.91 Å². The molecule has 0 saturated heterocycles. The molecule has 45 heavy (non-hydrogen) atoms. The molecule has 10 nitrogen and oxygen atoms in total. The maximum Gasteiger partial charge on any atom is 0.270 e. The highest BCUT2D eigenvalue weighted by Crippen LogP contribution is 2.23. The first kappa shape index (κ1) is 32.9. The minimum absolute atomic E-state index is 0.0908. The molecule has 0 aliphatic heterocycles. The summed E-state index contributed by atoms with van der Waals surface area (Å²) in [5, 5.41) is 18.0. The molecule has 0 bridgehead atoms. The fraction of sp³-hybridized carbons (Fsp3) is 0.314. The minimum Gasteiger partial charge on any atom is -0.392 e. The van der Waals surface area contributed by atoms with Crippen molar-refractivity contribution in [2.45, 2.75) is 64.1 Å². The summed E-state index contributed by atoms with van der Waals surface area (Å²) < 4.78 is 0. The molecule has 2 aromatic heterocycles. The minimum atomic E-state index is -1.23. The molecule has 234 valence electrons. The standard InChI is InChI=1S/C35H39N5O5/c1-35(2,3)40-33(44)26-12-6-4-11-24(26)18-30(41)25(17-22-9-8-16-37-21-22)19-31(42)29(20-32(36)43)39-34(45)28-15-14-23-10-5-7-13-27(23)38-28/h4-16,21,25,29-30,41H,17-20H2,1-3H3,(H2,36,43)(H,39,45)(H,40,44)/t25-,29+,30+/m1/s1. The van der Waals surface area contributed by atoms with E-state index in [-0.39, 0.29) is 24.4 Å². The number of benzene rings is 2. The number of Topliss-reactive ketones (excluding diaryl/α,β-unsaturated/α-hetero) is 1. The Morgan fingerprint density at radius 2 is 1.60 bits per heavy atom. The lowest BCUT2D eigenvalue weighted by molar-refractivity contribution is -0.126. The van der Waals surface area contributed by atoms with Gasteiger partial charge in [0, 0.05) is 35.3 Å². The van der Waals surface area contributed by atoms with Crippen LogP contribution in [0.5, 0.6) is 0 Å². The van der Waals surface area contributed by atoms with Crippen molar-refractivity contribution in [1.82, 2.24) is 20.6 Å². The summed E-state index contributed by atoms with van der Waals surface area (Å²) in [6.07, 6.45) is 2.04. The smallest absolute Gasteiger partial charge is 0.270 e. The number of aliphatic hydroxyl groups is 1. The van der Waals surface area contributed by atoms with Gasteiger partial charge in [0.05, 0.1) is 24.1 Å². The highest BCUT2D eigenvalue weighted by Gasteiger charge is 2.30. The van der Waals surface area contributed by atoms with Crippen molar-refractivity contribution in [3.05, 3.63) is 108 Å². The number of ketones is 1. The Morgan fingerprint density at radius 1 is 0.867 bits per heavy atom. The number of aliphatic hydroxyl groups excluding tert-OH is 1. The summed E-state index contributed by atoms with van der Waals surface area (Å²) in [4.78, 5) is 60.4.